The highest BCUT2D eigenvalue weighted by Crippen LogP contribution is 2.38. The summed E-state index contributed by atoms with van der Waals surface area (Å²) < 4.78 is 1.87. The van der Waals surface area contributed by atoms with Crippen LogP contribution in [-0.2, 0) is 17.9 Å². The summed E-state index contributed by atoms with van der Waals surface area (Å²) in [6.45, 7) is 4.18. The summed E-state index contributed by atoms with van der Waals surface area (Å²) in [4.78, 5) is 17.5. The molecule has 0 saturated carbocycles. The van der Waals surface area contributed by atoms with E-state index in [0.717, 1.165) is 23.6 Å². The predicted molar refractivity (Wildman–Crippen MR) is 78.2 cm³/mol. The van der Waals surface area contributed by atoms with Crippen molar-refractivity contribution >= 4 is 11.7 Å². The first-order valence-corrected chi connectivity index (χ1v) is 7.11. The molecule has 1 aromatic carbocycles. The molecule has 6 heteroatoms. The lowest BCUT2D eigenvalue weighted by Gasteiger charge is -2.19. The number of carboxylic acids is 1. The Hall–Kier alpha value is -2.37. The van der Waals surface area contributed by atoms with Gasteiger partial charge in [-0.2, -0.15) is 5.10 Å². The predicted octanol–water partition coefficient (Wildman–Crippen LogP) is 1.88. The Bertz CT molecular complexity index is 653. The minimum Gasteiger partial charge on any atom is -0.481 e. The number of rotatable bonds is 5. The largest absolute Gasteiger partial charge is 0.481 e. The average Bonchev–Trinajstić information content (AvgIpc) is 3.05. The molecular formula is C15H18N4O2. The van der Waals surface area contributed by atoms with Gasteiger partial charge in [-0.3, -0.25) is 4.79 Å². The molecule has 2 aromatic rings. The second kappa shape index (κ2) is 5.55. The number of benzene rings is 1. The van der Waals surface area contributed by atoms with Gasteiger partial charge in [-0.15, -0.1) is 0 Å². The molecule has 0 amide bonds. The highest BCUT2D eigenvalue weighted by Gasteiger charge is 2.30. The van der Waals surface area contributed by atoms with Crippen molar-refractivity contribution in [2.45, 2.75) is 32.4 Å². The number of anilines is 1. The maximum atomic E-state index is 11.0. The van der Waals surface area contributed by atoms with Crippen molar-refractivity contribution in [3.63, 3.8) is 0 Å². The van der Waals surface area contributed by atoms with Crippen molar-refractivity contribution in [1.82, 2.24) is 14.8 Å². The molecule has 0 bridgehead atoms. The number of fused-ring (bicyclic) bond motifs is 1. The van der Waals surface area contributed by atoms with Gasteiger partial charge in [0.1, 0.15) is 12.2 Å². The summed E-state index contributed by atoms with van der Waals surface area (Å²) in [5.74, 6) is 0.188. The lowest BCUT2D eigenvalue weighted by molar-refractivity contribution is -0.137. The maximum absolute atomic E-state index is 11.0. The van der Waals surface area contributed by atoms with Crippen LogP contribution in [0.4, 0.5) is 5.69 Å². The van der Waals surface area contributed by atoms with Gasteiger partial charge in [-0.05, 0) is 18.6 Å². The molecule has 1 aromatic heterocycles. The molecule has 2 heterocycles. The van der Waals surface area contributed by atoms with Crippen LogP contribution < -0.4 is 4.90 Å². The average molecular weight is 286 g/mol. The third-order valence-corrected chi connectivity index (χ3v) is 3.91. The Morgan fingerprint density at radius 3 is 3.00 bits per heavy atom. The Kier molecular flexibility index (Phi) is 3.60. The number of carbonyl (C=O) groups is 1. The van der Waals surface area contributed by atoms with Crippen LogP contribution in [-0.4, -0.2) is 32.4 Å². The highest BCUT2D eigenvalue weighted by molar-refractivity contribution is 5.71. The van der Waals surface area contributed by atoms with E-state index in [1.807, 2.05) is 35.9 Å². The molecule has 0 fully saturated rings. The van der Waals surface area contributed by atoms with E-state index < -0.39 is 5.97 Å². The van der Waals surface area contributed by atoms with E-state index >= 15 is 0 Å². The van der Waals surface area contributed by atoms with Crippen LogP contribution in [0.2, 0.25) is 0 Å². The molecule has 0 aliphatic carbocycles. The first kappa shape index (κ1) is 13.6. The Morgan fingerprint density at radius 2 is 2.24 bits per heavy atom. The zero-order valence-electron chi connectivity index (χ0n) is 11.9. The standard InChI is InChI=1S/C15H18N4O2/c1-2-19-14(16-10-17-19)9-18-8-11(7-15(20)21)12-5-3-4-6-13(12)18/h3-6,10-11H,2,7-9H2,1H3,(H,20,21). The van der Waals surface area contributed by atoms with Gasteiger partial charge in [0.05, 0.1) is 13.0 Å². The maximum Gasteiger partial charge on any atom is 0.304 e. The SMILES string of the molecule is CCn1ncnc1CN1CC(CC(=O)O)c2ccccc21. The summed E-state index contributed by atoms with van der Waals surface area (Å²) in [6.07, 6.45) is 1.73. The van der Waals surface area contributed by atoms with Gasteiger partial charge >= 0.3 is 5.97 Å². The van der Waals surface area contributed by atoms with Crippen LogP contribution in [0, 0.1) is 0 Å². The topological polar surface area (TPSA) is 71.2 Å². The van der Waals surface area contributed by atoms with Crippen LogP contribution in [0.15, 0.2) is 30.6 Å². The second-order valence-corrected chi connectivity index (χ2v) is 5.23. The fourth-order valence-electron chi connectivity index (χ4n) is 2.96. The number of hydrogen-bond donors (Lipinski definition) is 1. The van der Waals surface area contributed by atoms with Gasteiger partial charge in [0.2, 0.25) is 0 Å². The van der Waals surface area contributed by atoms with Crippen molar-refractivity contribution in [3.05, 3.63) is 42.0 Å². The summed E-state index contributed by atoms with van der Waals surface area (Å²) in [7, 11) is 0. The van der Waals surface area contributed by atoms with E-state index in [4.69, 9.17) is 5.11 Å². The number of aliphatic carboxylic acids is 1. The Morgan fingerprint density at radius 1 is 1.43 bits per heavy atom. The fraction of sp³-hybridized carbons (Fsp3) is 0.400. The Labute approximate surface area is 123 Å². The molecule has 0 radical (unpaired) electrons. The molecule has 1 aliphatic heterocycles. The van der Waals surface area contributed by atoms with E-state index in [2.05, 4.69) is 15.0 Å². The molecule has 1 aliphatic rings. The zero-order chi connectivity index (χ0) is 14.8. The van der Waals surface area contributed by atoms with Crippen molar-refractivity contribution in [3.8, 4) is 0 Å². The van der Waals surface area contributed by atoms with Crippen molar-refractivity contribution in [2.75, 3.05) is 11.4 Å². The minimum atomic E-state index is -0.756. The smallest absolute Gasteiger partial charge is 0.304 e. The number of carboxylic acid groups (broad SMARTS) is 1. The lowest BCUT2D eigenvalue weighted by Crippen LogP contribution is -2.24. The van der Waals surface area contributed by atoms with E-state index in [-0.39, 0.29) is 12.3 Å². The van der Waals surface area contributed by atoms with Crippen molar-refractivity contribution in [2.24, 2.45) is 0 Å². The number of nitrogens with zero attached hydrogens (tertiary/aromatic N) is 4. The first-order chi connectivity index (χ1) is 10.2. The monoisotopic (exact) mass is 286 g/mol. The molecule has 21 heavy (non-hydrogen) atoms. The number of hydrogen-bond acceptors (Lipinski definition) is 4. The van der Waals surface area contributed by atoms with Gasteiger partial charge < -0.3 is 10.0 Å². The van der Waals surface area contributed by atoms with Crippen molar-refractivity contribution in [1.29, 1.82) is 0 Å². The quantitative estimate of drug-likeness (QED) is 0.908. The van der Waals surface area contributed by atoms with E-state index in [1.54, 1.807) is 6.33 Å². The van der Waals surface area contributed by atoms with Crippen LogP contribution in [0.3, 0.4) is 0 Å². The van der Waals surface area contributed by atoms with E-state index in [0.29, 0.717) is 13.1 Å². The van der Waals surface area contributed by atoms with Crippen molar-refractivity contribution < 1.29 is 9.90 Å². The van der Waals surface area contributed by atoms with Crippen LogP contribution in [0.5, 0.6) is 0 Å². The molecule has 1 unspecified atom stereocenters. The van der Waals surface area contributed by atoms with Gasteiger partial charge in [0, 0.05) is 24.7 Å². The molecular weight excluding hydrogens is 268 g/mol. The molecule has 110 valence electrons. The molecule has 6 nitrogen and oxygen atoms in total. The van der Waals surface area contributed by atoms with Crippen LogP contribution in [0.25, 0.3) is 0 Å². The van der Waals surface area contributed by atoms with E-state index in [9.17, 15) is 4.79 Å². The van der Waals surface area contributed by atoms with Crippen LogP contribution in [0.1, 0.15) is 30.7 Å². The number of para-hydroxylation sites is 1. The molecule has 0 spiro atoms. The molecule has 1 N–H and O–H groups in total. The van der Waals surface area contributed by atoms with Gasteiger partial charge in [0.15, 0.2) is 0 Å². The second-order valence-electron chi connectivity index (χ2n) is 5.23. The number of aryl methyl sites for hydroxylation is 1. The molecule has 0 saturated heterocycles. The normalized spacial score (nSPS) is 17.0. The molecule has 1 atom stereocenters. The van der Waals surface area contributed by atoms with Crippen LogP contribution >= 0.6 is 0 Å². The fourth-order valence-corrected chi connectivity index (χ4v) is 2.96. The summed E-state index contributed by atoms with van der Waals surface area (Å²) in [5.41, 5.74) is 2.22. The third-order valence-electron chi connectivity index (χ3n) is 3.91. The molecule has 3 rings (SSSR count). The van der Waals surface area contributed by atoms with Gasteiger partial charge in [0.25, 0.3) is 0 Å². The zero-order valence-corrected chi connectivity index (χ0v) is 11.9. The lowest BCUT2D eigenvalue weighted by atomic mass is 9.98. The summed E-state index contributed by atoms with van der Waals surface area (Å²) >= 11 is 0. The van der Waals surface area contributed by atoms with E-state index in [1.165, 1.54) is 0 Å². The van der Waals surface area contributed by atoms with Gasteiger partial charge in [-0.1, -0.05) is 18.2 Å². The summed E-state index contributed by atoms with van der Waals surface area (Å²) in [6, 6.07) is 8.02. The summed E-state index contributed by atoms with van der Waals surface area (Å²) in [5, 5.41) is 13.3. The number of aromatic nitrogens is 3. The third kappa shape index (κ3) is 2.61. The first-order valence-electron chi connectivity index (χ1n) is 7.11. The van der Waals surface area contributed by atoms with Gasteiger partial charge in [-0.25, -0.2) is 9.67 Å². The Balaban J connectivity index is 1.86. The highest BCUT2D eigenvalue weighted by atomic mass is 16.4. The minimum absolute atomic E-state index is 0.0386.